The van der Waals surface area contributed by atoms with Crippen LogP contribution in [-0.2, 0) is 17.9 Å². The molecule has 1 rings (SSSR count). The van der Waals surface area contributed by atoms with E-state index in [0.717, 1.165) is 31.7 Å². The molecule has 1 N–H and O–H groups in total. The summed E-state index contributed by atoms with van der Waals surface area (Å²) in [6, 6.07) is 0. The maximum atomic E-state index is 8.78. The van der Waals surface area contributed by atoms with E-state index in [0.29, 0.717) is 0 Å². The second-order valence-electron chi connectivity index (χ2n) is 2.82. The van der Waals surface area contributed by atoms with E-state index in [1.165, 1.54) is 0 Å². The first kappa shape index (κ1) is 10.2. The molecule has 0 radical (unpaired) electrons. The van der Waals surface area contributed by atoms with Gasteiger partial charge in [0, 0.05) is 31.5 Å². The number of nitrogens with zero attached hydrogens (tertiary/aromatic N) is 2. The summed E-state index contributed by atoms with van der Waals surface area (Å²) in [6.07, 6.45) is 4.49. The smallest absolute Gasteiger partial charge is 0.0712 e. The largest absolute Gasteiger partial charge is 0.392 e. The zero-order valence-electron chi connectivity index (χ0n) is 7.94. The zero-order valence-corrected chi connectivity index (χ0v) is 7.94. The summed E-state index contributed by atoms with van der Waals surface area (Å²) < 4.78 is 7.02. The number of aromatic nitrogens is 2. The summed E-state index contributed by atoms with van der Waals surface area (Å²) in [7, 11) is 0. The van der Waals surface area contributed by atoms with Crippen molar-refractivity contribution < 1.29 is 9.84 Å². The fourth-order valence-corrected chi connectivity index (χ4v) is 1.08. The van der Waals surface area contributed by atoms with Crippen LogP contribution in [0.15, 0.2) is 12.4 Å². The fraction of sp³-hybridized carbons (Fsp3) is 0.667. The quantitative estimate of drug-likeness (QED) is 0.665. The number of hydrogen-bond donors (Lipinski definition) is 1. The van der Waals surface area contributed by atoms with Gasteiger partial charge in [0.1, 0.15) is 0 Å². The van der Waals surface area contributed by atoms with Crippen molar-refractivity contribution in [3.63, 3.8) is 0 Å². The second kappa shape index (κ2) is 5.72. The molecule has 0 aliphatic heterocycles. The fourth-order valence-electron chi connectivity index (χ4n) is 1.08. The first-order valence-electron chi connectivity index (χ1n) is 4.56. The summed E-state index contributed by atoms with van der Waals surface area (Å²) in [5, 5.41) is 12.9. The van der Waals surface area contributed by atoms with Gasteiger partial charge in [-0.05, 0) is 13.3 Å². The average molecular weight is 184 g/mol. The molecule has 13 heavy (non-hydrogen) atoms. The highest BCUT2D eigenvalue weighted by molar-refractivity contribution is 5.01. The van der Waals surface area contributed by atoms with E-state index in [-0.39, 0.29) is 6.61 Å². The summed E-state index contributed by atoms with van der Waals surface area (Å²) in [5.74, 6) is 0. The molecule has 0 amide bonds. The minimum atomic E-state index is 0.0610. The molecule has 1 heterocycles. The Morgan fingerprint density at radius 2 is 2.46 bits per heavy atom. The molecule has 1 aromatic heterocycles. The Kier molecular flexibility index (Phi) is 4.49. The predicted molar refractivity (Wildman–Crippen MR) is 49.3 cm³/mol. The standard InChI is InChI=1S/C9H16N2O2/c1-2-13-5-3-4-11-7-9(8-12)6-10-11/h6-7,12H,2-5,8H2,1H3. The Bertz CT molecular complexity index is 235. The van der Waals surface area contributed by atoms with Crippen LogP contribution in [0.5, 0.6) is 0 Å². The molecule has 4 heteroatoms. The Morgan fingerprint density at radius 3 is 3.08 bits per heavy atom. The summed E-state index contributed by atoms with van der Waals surface area (Å²) >= 11 is 0. The third-order valence-electron chi connectivity index (χ3n) is 1.75. The number of aryl methyl sites for hydroxylation is 1. The molecule has 0 aliphatic rings. The van der Waals surface area contributed by atoms with Gasteiger partial charge in [-0.2, -0.15) is 5.10 Å². The number of aliphatic hydroxyl groups is 1. The zero-order chi connectivity index (χ0) is 9.52. The lowest BCUT2D eigenvalue weighted by molar-refractivity contribution is 0.141. The highest BCUT2D eigenvalue weighted by atomic mass is 16.5. The topological polar surface area (TPSA) is 47.3 Å². The molecule has 0 aromatic carbocycles. The van der Waals surface area contributed by atoms with Crippen molar-refractivity contribution in [3.8, 4) is 0 Å². The van der Waals surface area contributed by atoms with E-state index in [1.54, 1.807) is 6.20 Å². The van der Waals surface area contributed by atoms with Crippen LogP contribution in [0.25, 0.3) is 0 Å². The second-order valence-corrected chi connectivity index (χ2v) is 2.82. The van der Waals surface area contributed by atoms with Crippen molar-refractivity contribution in [1.29, 1.82) is 0 Å². The molecular weight excluding hydrogens is 168 g/mol. The Labute approximate surface area is 78.1 Å². The molecule has 0 fully saturated rings. The lowest BCUT2D eigenvalue weighted by Gasteiger charge is -2.01. The molecule has 0 atom stereocenters. The van der Waals surface area contributed by atoms with Crippen molar-refractivity contribution in [2.24, 2.45) is 0 Å². The molecule has 74 valence electrons. The molecule has 0 bridgehead atoms. The maximum Gasteiger partial charge on any atom is 0.0712 e. The van der Waals surface area contributed by atoms with Crippen molar-refractivity contribution in [3.05, 3.63) is 18.0 Å². The minimum Gasteiger partial charge on any atom is -0.392 e. The van der Waals surface area contributed by atoms with Gasteiger partial charge in [-0.1, -0.05) is 0 Å². The van der Waals surface area contributed by atoms with Gasteiger partial charge in [0.25, 0.3) is 0 Å². The van der Waals surface area contributed by atoms with E-state index in [1.807, 2.05) is 17.8 Å². The first-order chi connectivity index (χ1) is 6.36. The predicted octanol–water partition coefficient (Wildman–Crippen LogP) is 0.802. The average Bonchev–Trinajstić information content (AvgIpc) is 2.60. The molecule has 0 aliphatic carbocycles. The Hall–Kier alpha value is -0.870. The van der Waals surface area contributed by atoms with E-state index in [9.17, 15) is 0 Å². The van der Waals surface area contributed by atoms with Crippen LogP contribution >= 0.6 is 0 Å². The van der Waals surface area contributed by atoms with Gasteiger partial charge in [0.2, 0.25) is 0 Å². The van der Waals surface area contributed by atoms with Crippen LogP contribution in [0.3, 0.4) is 0 Å². The van der Waals surface area contributed by atoms with Crippen molar-refractivity contribution >= 4 is 0 Å². The van der Waals surface area contributed by atoms with Crippen LogP contribution in [0.2, 0.25) is 0 Å². The lowest BCUT2D eigenvalue weighted by Crippen LogP contribution is -2.02. The van der Waals surface area contributed by atoms with Gasteiger partial charge in [-0.25, -0.2) is 0 Å². The molecule has 0 spiro atoms. The minimum absolute atomic E-state index is 0.0610. The van der Waals surface area contributed by atoms with E-state index in [2.05, 4.69) is 5.10 Å². The van der Waals surface area contributed by atoms with Crippen molar-refractivity contribution in [2.75, 3.05) is 13.2 Å². The molecule has 0 saturated carbocycles. The van der Waals surface area contributed by atoms with Crippen LogP contribution in [0.4, 0.5) is 0 Å². The van der Waals surface area contributed by atoms with Gasteiger partial charge in [0.15, 0.2) is 0 Å². The van der Waals surface area contributed by atoms with Crippen LogP contribution in [0.1, 0.15) is 18.9 Å². The van der Waals surface area contributed by atoms with Crippen molar-refractivity contribution in [2.45, 2.75) is 26.5 Å². The lowest BCUT2D eigenvalue weighted by atomic mass is 10.4. The van der Waals surface area contributed by atoms with Crippen LogP contribution < -0.4 is 0 Å². The SMILES string of the molecule is CCOCCCn1cc(CO)cn1. The summed E-state index contributed by atoms with van der Waals surface area (Å²) in [5.41, 5.74) is 0.858. The van der Waals surface area contributed by atoms with Crippen LogP contribution in [0, 0.1) is 0 Å². The summed E-state index contributed by atoms with van der Waals surface area (Å²) in [4.78, 5) is 0. The van der Waals surface area contributed by atoms with Gasteiger partial charge >= 0.3 is 0 Å². The van der Waals surface area contributed by atoms with Gasteiger partial charge in [0.05, 0.1) is 12.8 Å². The van der Waals surface area contributed by atoms with E-state index < -0.39 is 0 Å². The normalized spacial score (nSPS) is 10.6. The summed E-state index contributed by atoms with van der Waals surface area (Å²) in [6.45, 7) is 4.43. The molecule has 0 unspecified atom stereocenters. The third kappa shape index (κ3) is 3.57. The Morgan fingerprint density at radius 1 is 1.62 bits per heavy atom. The van der Waals surface area contributed by atoms with E-state index in [4.69, 9.17) is 9.84 Å². The number of ether oxygens (including phenoxy) is 1. The first-order valence-corrected chi connectivity index (χ1v) is 4.56. The van der Waals surface area contributed by atoms with Crippen LogP contribution in [-0.4, -0.2) is 28.1 Å². The molecule has 0 saturated heterocycles. The number of aliphatic hydroxyl groups excluding tert-OH is 1. The third-order valence-corrected chi connectivity index (χ3v) is 1.75. The van der Waals surface area contributed by atoms with E-state index >= 15 is 0 Å². The Balaban J connectivity index is 2.20. The van der Waals surface area contributed by atoms with Gasteiger partial charge in [-0.15, -0.1) is 0 Å². The molecule has 4 nitrogen and oxygen atoms in total. The highest BCUT2D eigenvalue weighted by Gasteiger charge is 1.96. The molecule has 1 aromatic rings. The highest BCUT2D eigenvalue weighted by Crippen LogP contribution is 1.98. The number of rotatable bonds is 6. The van der Waals surface area contributed by atoms with Gasteiger partial charge in [-0.3, -0.25) is 4.68 Å². The number of hydrogen-bond acceptors (Lipinski definition) is 3. The van der Waals surface area contributed by atoms with Crippen molar-refractivity contribution in [1.82, 2.24) is 9.78 Å². The monoisotopic (exact) mass is 184 g/mol. The maximum absolute atomic E-state index is 8.78. The molecular formula is C9H16N2O2. The van der Waals surface area contributed by atoms with Gasteiger partial charge < -0.3 is 9.84 Å².